The minimum absolute atomic E-state index is 0.104. The number of thiophene rings is 1. The fourth-order valence-electron chi connectivity index (χ4n) is 3.74. The van der Waals surface area contributed by atoms with Crippen molar-refractivity contribution in [2.45, 2.75) is 36.1 Å². The van der Waals surface area contributed by atoms with Crippen molar-refractivity contribution in [2.24, 2.45) is 0 Å². The first-order valence-corrected chi connectivity index (χ1v) is 12.4. The van der Waals surface area contributed by atoms with E-state index in [-0.39, 0.29) is 15.9 Å². The molecule has 168 valence electrons. The van der Waals surface area contributed by atoms with Gasteiger partial charge in [-0.1, -0.05) is 24.3 Å². The van der Waals surface area contributed by atoms with Crippen LogP contribution in [0.5, 0.6) is 5.75 Å². The van der Waals surface area contributed by atoms with Crippen molar-refractivity contribution >= 4 is 33.0 Å². The largest absolute Gasteiger partial charge is 0.487 e. The second-order valence-electron chi connectivity index (χ2n) is 8.14. The van der Waals surface area contributed by atoms with Crippen molar-refractivity contribution in [2.75, 3.05) is 10.8 Å². The number of anilines is 1. The molecule has 4 rings (SSSR count). The number of nitrogens with one attached hydrogen (secondary N) is 1. The van der Waals surface area contributed by atoms with Crippen molar-refractivity contribution in [3.05, 3.63) is 77.4 Å². The van der Waals surface area contributed by atoms with E-state index in [0.29, 0.717) is 12.2 Å². The average Bonchev–Trinajstić information content (AvgIpc) is 3.28. The van der Waals surface area contributed by atoms with E-state index in [0.717, 1.165) is 21.2 Å². The predicted octanol–water partition coefficient (Wildman–Crippen LogP) is 4.50. The first-order valence-electron chi connectivity index (χ1n) is 10.0. The Morgan fingerprint density at radius 2 is 1.88 bits per heavy atom. The van der Waals surface area contributed by atoms with Crippen molar-refractivity contribution in [3.63, 3.8) is 0 Å². The lowest BCUT2D eigenvalue weighted by Gasteiger charge is -2.38. The number of benzene rings is 2. The number of hydrogen-bond donors (Lipinski definition) is 1. The summed E-state index contributed by atoms with van der Waals surface area (Å²) in [6.07, 6.45) is 0.532. The van der Waals surface area contributed by atoms with Gasteiger partial charge in [0.2, 0.25) is 5.91 Å². The molecule has 6 nitrogen and oxygen atoms in total. The van der Waals surface area contributed by atoms with E-state index >= 15 is 0 Å². The molecule has 2 aromatic carbocycles. The van der Waals surface area contributed by atoms with E-state index in [1.54, 1.807) is 11.4 Å². The molecule has 0 spiro atoms. The van der Waals surface area contributed by atoms with Crippen LogP contribution in [0.25, 0.3) is 0 Å². The van der Waals surface area contributed by atoms with Gasteiger partial charge in [-0.05, 0) is 55.6 Å². The standard InChI is InChI=1S/C23H23FN2O4S2/c1-23(2)14-19(18-6-3-4-7-20(18)30-23)25-21(27)15-26(17-11-9-16(24)10-12-17)32(28,29)22-8-5-13-31-22/h3-13,19H,14-15H2,1-2H3,(H,25,27). The predicted molar refractivity (Wildman–Crippen MR) is 122 cm³/mol. The summed E-state index contributed by atoms with van der Waals surface area (Å²) in [4.78, 5) is 13.1. The molecule has 0 aliphatic carbocycles. The Kier molecular flexibility index (Phi) is 5.96. The first kappa shape index (κ1) is 22.3. The number of carbonyl (C=O) groups is 1. The molecular formula is C23H23FN2O4S2. The Morgan fingerprint density at radius 1 is 1.16 bits per heavy atom. The highest BCUT2D eigenvalue weighted by molar-refractivity contribution is 7.94. The Balaban J connectivity index is 1.62. The van der Waals surface area contributed by atoms with E-state index in [1.807, 2.05) is 38.1 Å². The zero-order chi connectivity index (χ0) is 22.9. The highest BCUT2D eigenvalue weighted by Crippen LogP contribution is 2.39. The number of ether oxygens (including phenoxy) is 1. The molecule has 1 unspecified atom stereocenters. The van der Waals surface area contributed by atoms with Gasteiger partial charge in [-0.3, -0.25) is 9.10 Å². The smallest absolute Gasteiger partial charge is 0.274 e. The second-order valence-corrected chi connectivity index (χ2v) is 11.2. The third kappa shape index (κ3) is 4.63. The van der Waals surface area contributed by atoms with Gasteiger partial charge in [-0.15, -0.1) is 11.3 Å². The molecule has 0 bridgehead atoms. The number of amides is 1. The fourth-order valence-corrected chi connectivity index (χ4v) is 6.27. The summed E-state index contributed by atoms with van der Waals surface area (Å²) in [6, 6.07) is 15.3. The summed E-state index contributed by atoms with van der Waals surface area (Å²) in [5, 5.41) is 4.61. The SMILES string of the molecule is CC1(C)CC(NC(=O)CN(c2ccc(F)cc2)S(=O)(=O)c2cccs2)c2ccccc2O1. The summed E-state index contributed by atoms with van der Waals surface area (Å²) in [7, 11) is -4.00. The summed E-state index contributed by atoms with van der Waals surface area (Å²) in [5.41, 5.74) is 0.559. The minimum Gasteiger partial charge on any atom is -0.487 e. The van der Waals surface area contributed by atoms with Crippen LogP contribution in [0, 0.1) is 5.82 Å². The van der Waals surface area contributed by atoms with Gasteiger partial charge in [0.1, 0.15) is 27.9 Å². The zero-order valence-electron chi connectivity index (χ0n) is 17.6. The first-order chi connectivity index (χ1) is 15.2. The van der Waals surface area contributed by atoms with Gasteiger partial charge in [0.15, 0.2) is 0 Å². The van der Waals surface area contributed by atoms with Crippen molar-refractivity contribution in [3.8, 4) is 5.75 Å². The number of sulfonamides is 1. The van der Waals surface area contributed by atoms with Crippen LogP contribution in [0.3, 0.4) is 0 Å². The number of rotatable bonds is 6. The normalized spacial score (nSPS) is 17.2. The van der Waals surface area contributed by atoms with Crippen LogP contribution in [-0.4, -0.2) is 26.5 Å². The number of carbonyl (C=O) groups excluding carboxylic acids is 1. The molecular weight excluding hydrogens is 451 g/mol. The van der Waals surface area contributed by atoms with Gasteiger partial charge >= 0.3 is 0 Å². The molecule has 1 aliphatic heterocycles. The van der Waals surface area contributed by atoms with Gasteiger partial charge in [-0.25, -0.2) is 12.8 Å². The Hall–Kier alpha value is -2.91. The van der Waals surface area contributed by atoms with Crippen LogP contribution < -0.4 is 14.4 Å². The van der Waals surface area contributed by atoms with Crippen LogP contribution in [0.2, 0.25) is 0 Å². The van der Waals surface area contributed by atoms with Gasteiger partial charge < -0.3 is 10.1 Å². The number of halogens is 1. The van der Waals surface area contributed by atoms with Gasteiger partial charge in [0.25, 0.3) is 10.0 Å². The quantitative estimate of drug-likeness (QED) is 0.571. The topological polar surface area (TPSA) is 75.7 Å². The maximum Gasteiger partial charge on any atom is 0.274 e. The van der Waals surface area contributed by atoms with Crippen molar-refractivity contribution in [1.82, 2.24) is 5.32 Å². The highest BCUT2D eigenvalue weighted by atomic mass is 32.2. The molecule has 2 heterocycles. The third-order valence-corrected chi connectivity index (χ3v) is 8.30. The summed E-state index contributed by atoms with van der Waals surface area (Å²) in [6.45, 7) is 3.44. The van der Waals surface area contributed by atoms with Crippen molar-refractivity contribution in [1.29, 1.82) is 0 Å². The molecule has 3 aromatic rings. The van der Waals surface area contributed by atoms with Gasteiger partial charge in [0, 0.05) is 12.0 Å². The maximum atomic E-state index is 13.4. The Morgan fingerprint density at radius 3 is 2.56 bits per heavy atom. The Bertz CT molecular complexity index is 1210. The molecule has 9 heteroatoms. The lowest BCUT2D eigenvalue weighted by molar-refractivity contribution is -0.120. The zero-order valence-corrected chi connectivity index (χ0v) is 19.3. The van der Waals surface area contributed by atoms with Crippen molar-refractivity contribution < 1.29 is 22.3 Å². The molecule has 1 aromatic heterocycles. The minimum atomic E-state index is -4.00. The number of fused-ring (bicyclic) bond motifs is 1. The second kappa shape index (κ2) is 8.55. The lowest BCUT2D eigenvalue weighted by Crippen LogP contribution is -2.45. The number of hydrogen-bond acceptors (Lipinski definition) is 5. The molecule has 1 N–H and O–H groups in total. The van der Waals surface area contributed by atoms with Crippen LogP contribution >= 0.6 is 11.3 Å². The molecule has 1 amide bonds. The van der Waals surface area contributed by atoms with Crippen LogP contribution in [0.1, 0.15) is 31.9 Å². The van der Waals surface area contributed by atoms with Crippen LogP contribution in [0.4, 0.5) is 10.1 Å². The van der Waals surface area contributed by atoms with Crippen LogP contribution in [0.15, 0.2) is 70.3 Å². The van der Waals surface area contributed by atoms with E-state index in [9.17, 15) is 17.6 Å². The monoisotopic (exact) mass is 474 g/mol. The van der Waals surface area contributed by atoms with E-state index in [4.69, 9.17) is 4.74 Å². The van der Waals surface area contributed by atoms with Gasteiger partial charge in [0.05, 0.1) is 11.7 Å². The molecule has 0 saturated heterocycles. The Labute approximate surface area is 190 Å². The van der Waals surface area contributed by atoms with E-state index < -0.39 is 33.9 Å². The fraction of sp³-hybridized carbons (Fsp3) is 0.261. The van der Waals surface area contributed by atoms with E-state index in [1.165, 1.54) is 30.3 Å². The average molecular weight is 475 g/mol. The summed E-state index contributed by atoms with van der Waals surface area (Å²) >= 11 is 1.06. The molecule has 0 radical (unpaired) electrons. The summed E-state index contributed by atoms with van der Waals surface area (Å²) in [5.74, 6) is -0.268. The number of para-hydroxylation sites is 1. The number of nitrogens with zero attached hydrogens (tertiary/aromatic N) is 1. The third-order valence-electron chi connectivity index (χ3n) is 5.15. The molecule has 1 atom stereocenters. The maximum absolute atomic E-state index is 13.4. The molecule has 1 aliphatic rings. The summed E-state index contributed by atoms with van der Waals surface area (Å²) < 4.78 is 47.1. The highest BCUT2D eigenvalue weighted by Gasteiger charge is 2.35. The molecule has 32 heavy (non-hydrogen) atoms. The molecule has 0 saturated carbocycles. The lowest BCUT2D eigenvalue weighted by atomic mass is 9.89. The molecule has 0 fully saturated rings. The van der Waals surface area contributed by atoms with Gasteiger partial charge in [-0.2, -0.15) is 0 Å². The van der Waals surface area contributed by atoms with Crippen LogP contribution in [-0.2, 0) is 14.8 Å². The van der Waals surface area contributed by atoms with E-state index in [2.05, 4.69) is 5.32 Å².